The van der Waals surface area contributed by atoms with Gasteiger partial charge in [-0.1, -0.05) is 18.2 Å². The number of rotatable bonds is 2. The van der Waals surface area contributed by atoms with E-state index in [1.807, 2.05) is 24.3 Å². The lowest BCUT2D eigenvalue weighted by molar-refractivity contribution is 0.256. The Morgan fingerprint density at radius 1 is 1.30 bits per heavy atom. The number of amides is 2. The van der Waals surface area contributed by atoms with E-state index in [0.29, 0.717) is 9.82 Å². The molecule has 0 fully saturated rings. The van der Waals surface area contributed by atoms with Gasteiger partial charge in [-0.05, 0) is 12.1 Å². The molecule has 2 aromatic heterocycles. The molecule has 1 atom stereocenters. The van der Waals surface area contributed by atoms with E-state index in [1.54, 1.807) is 6.07 Å². The molecule has 4 N–H and O–H groups in total. The van der Waals surface area contributed by atoms with Crippen LogP contribution in [0, 0.1) is 0 Å². The number of nitrogens with one attached hydrogen (secondary N) is 1. The highest BCUT2D eigenvalue weighted by Gasteiger charge is 2.23. The predicted octanol–water partition coefficient (Wildman–Crippen LogP) is 1.74. The Hall–Kier alpha value is -2.45. The molecule has 1 aromatic carbocycles. The molecule has 3 rings (SSSR count). The zero-order valence-electron chi connectivity index (χ0n) is 10.1. The van der Waals surface area contributed by atoms with Gasteiger partial charge in [0.15, 0.2) is 5.82 Å². The largest absolute Gasteiger partial charge is 0.351 e. The third-order valence-electron chi connectivity index (χ3n) is 2.96. The number of benzene rings is 1. The molecule has 0 radical (unpaired) electrons. The van der Waals surface area contributed by atoms with E-state index in [4.69, 9.17) is 5.73 Å². The maximum absolute atomic E-state index is 11.3. The summed E-state index contributed by atoms with van der Waals surface area (Å²) in [7, 11) is 0. The first-order valence-electron chi connectivity index (χ1n) is 5.65. The molecule has 20 heavy (non-hydrogen) atoms. The first-order valence-corrected chi connectivity index (χ1v) is 6.72. The van der Waals surface area contributed by atoms with Crippen molar-refractivity contribution in [3.63, 3.8) is 0 Å². The molecule has 2 amide bonds. The van der Waals surface area contributed by atoms with Crippen LogP contribution >= 0.6 is 0 Å². The number of anilines is 1. The van der Waals surface area contributed by atoms with Gasteiger partial charge in [0.2, 0.25) is 0 Å². The molecule has 0 saturated carbocycles. The summed E-state index contributed by atoms with van der Waals surface area (Å²) in [4.78, 5) is 18.4. The van der Waals surface area contributed by atoms with E-state index in [1.165, 1.54) is 6.20 Å². The molecule has 0 saturated heterocycles. The van der Waals surface area contributed by atoms with E-state index >= 15 is 0 Å². The summed E-state index contributed by atoms with van der Waals surface area (Å²) in [6.45, 7) is 0. The number of pyridine rings is 1. The maximum Gasteiger partial charge on any atom is 0.334 e. The lowest BCUT2D eigenvalue weighted by Gasteiger charge is -2.14. The lowest BCUT2D eigenvalue weighted by Crippen LogP contribution is -2.37. The number of nitrogens with two attached hydrogens (primary N) is 1. The highest BCUT2D eigenvalue weighted by Crippen LogP contribution is 2.30. The van der Waals surface area contributed by atoms with Crippen LogP contribution in [0.15, 0.2) is 36.5 Å². The van der Waals surface area contributed by atoms with Crippen LogP contribution in [-0.4, -0.2) is 24.8 Å². The second kappa shape index (κ2) is 4.58. The summed E-state index contributed by atoms with van der Waals surface area (Å²) >= 11 is -2.59. The van der Waals surface area contributed by atoms with E-state index in [9.17, 15) is 13.6 Å². The van der Waals surface area contributed by atoms with Crippen LogP contribution in [0.5, 0.6) is 0 Å². The number of hydrogen-bond acceptors (Lipinski definition) is 3. The van der Waals surface area contributed by atoms with E-state index in [2.05, 4.69) is 9.97 Å². The summed E-state index contributed by atoms with van der Waals surface area (Å²) in [6, 6.07) is 8.22. The Morgan fingerprint density at radius 2 is 2.05 bits per heavy atom. The standard InChI is InChI=1S/C12H10N4O3S/c13-12(17)16(20(18)19)11-10-8(5-6-14-11)7-3-1-2-4-9(7)15-10/h1-6,15H,(H2,13,17)(H,18,19). The van der Waals surface area contributed by atoms with Gasteiger partial charge < -0.3 is 10.7 Å². The molecule has 0 spiro atoms. The van der Waals surface area contributed by atoms with Crippen molar-refractivity contribution >= 4 is 44.9 Å². The Balaban J connectivity index is 2.36. The van der Waals surface area contributed by atoms with Gasteiger partial charge in [0.25, 0.3) is 11.3 Å². The minimum atomic E-state index is -2.59. The fraction of sp³-hybridized carbons (Fsp3) is 0. The molecule has 1 unspecified atom stereocenters. The predicted molar refractivity (Wildman–Crippen MR) is 76.4 cm³/mol. The fourth-order valence-corrected chi connectivity index (χ4v) is 2.61. The van der Waals surface area contributed by atoms with E-state index in [0.717, 1.165) is 16.3 Å². The van der Waals surface area contributed by atoms with Crippen LogP contribution in [-0.2, 0) is 11.3 Å². The smallest absolute Gasteiger partial charge is 0.334 e. The molecular formula is C12H10N4O3S. The molecular weight excluding hydrogens is 280 g/mol. The monoisotopic (exact) mass is 290 g/mol. The number of primary amides is 1. The van der Waals surface area contributed by atoms with E-state index in [-0.39, 0.29) is 5.82 Å². The van der Waals surface area contributed by atoms with Crippen molar-refractivity contribution in [2.24, 2.45) is 5.73 Å². The quantitative estimate of drug-likeness (QED) is 0.624. The zero-order valence-corrected chi connectivity index (χ0v) is 10.9. The van der Waals surface area contributed by atoms with Gasteiger partial charge in [-0.3, -0.25) is 4.55 Å². The van der Waals surface area contributed by atoms with Crippen molar-refractivity contribution < 1.29 is 13.6 Å². The second-order valence-corrected chi connectivity index (χ2v) is 4.92. The van der Waals surface area contributed by atoms with Crippen molar-refractivity contribution in [3.05, 3.63) is 36.5 Å². The zero-order chi connectivity index (χ0) is 14.3. The van der Waals surface area contributed by atoms with Gasteiger partial charge in [-0.2, -0.15) is 4.31 Å². The van der Waals surface area contributed by atoms with Crippen LogP contribution in [0.2, 0.25) is 0 Å². The molecule has 0 bridgehead atoms. The molecule has 0 aliphatic heterocycles. The minimum Gasteiger partial charge on any atom is -0.351 e. The van der Waals surface area contributed by atoms with Crippen LogP contribution in [0.3, 0.4) is 0 Å². The molecule has 2 heterocycles. The van der Waals surface area contributed by atoms with Crippen LogP contribution in [0.1, 0.15) is 0 Å². The average molecular weight is 290 g/mol. The average Bonchev–Trinajstić information content (AvgIpc) is 2.78. The number of carbonyl (C=O) groups is 1. The Morgan fingerprint density at radius 3 is 2.75 bits per heavy atom. The molecule has 7 nitrogen and oxygen atoms in total. The fourth-order valence-electron chi connectivity index (χ4n) is 2.17. The molecule has 3 aromatic rings. The summed E-state index contributed by atoms with van der Waals surface area (Å²) in [5.41, 5.74) is 6.45. The minimum absolute atomic E-state index is 0.0204. The number of para-hydroxylation sites is 1. The number of H-pyrrole nitrogens is 1. The van der Waals surface area contributed by atoms with Gasteiger partial charge in [0.1, 0.15) is 0 Å². The number of nitrogens with zero attached hydrogens (tertiary/aromatic N) is 2. The normalized spacial score (nSPS) is 12.7. The van der Waals surface area contributed by atoms with Gasteiger partial charge in [-0.25, -0.2) is 14.0 Å². The number of aromatic amines is 1. The molecule has 0 aliphatic rings. The van der Waals surface area contributed by atoms with Crippen LogP contribution < -0.4 is 10.0 Å². The third kappa shape index (κ3) is 1.82. The summed E-state index contributed by atoms with van der Waals surface area (Å²) in [5.74, 6) is 0.0204. The summed E-state index contributed by atoms with van der Waals surface area (Å²) < 4.78 is 21.0. The van der Waals surface area contributed by atoms with E-state index < -0.39 is 17.3 Å². The number of urea groups is 1. The summed E-state index contributed by atoms with van der Waals surface area (Å²) in [6.07, 6.45) is 1.46. The van der Waals surface area contributed by atoms with Crippen molar-refractivity contribution in [1.29, 1.82) is 0 Å². The van der Waals surface area contributed by atoms with Crippen molar-refractivity contribution in [2.75, 3.05) is 4.31 Å². The topological polar surface area (TPSA) is 112 Å². The Bertz CT molecular complexity index is 831. The van der Waals surface area contributed by atoms with Gasteiger partial charge >= 0.3 is 6.03 Å². The lowest BCUT2D eigenvalue weighted by atomic mass is 10.2. The Labute approximate surface area is 115 Å². The number of hydrogen-bond donors (Lipinski definition) is 3. The highest BCUT2D eigenvalue weighted by molar-refractivity contribution is 7.81. The molecule has 8 heteroatoms. The second-order valence-electron chi connectivity index (χ2n) is 4.09. The first kappa shape index (κ1) is 12.6. The molecule has 0 aliphatic carbocycles. The molecule has 102 valence electrons. The Kier molecular flexibility index (Phi) is 2.88. The van der Waals surface area contributed by atoms with Gasteiger partial charge in [0.05, 0.1) is 5.52 Å². The maximum atomic E-state index is 11.3. The van der Waals surface area contributed by atoms with Gasteiger partial charge in [-0.15, -0.1) is 0 Å². The highest BCUT2D eigenvalue weighted by atomic mass is 32.2. The third-order valence-corrected chi connectivity index (χ3v) is 3.62. The van der Waals surface area contributed by atoms with Crippen molar-refractivity contribution in [1.82, 2.24) is 9.97 Å². The number of fused-ring (bicyclic) bond motifs is 3. The van der Waals surface area contributed by atoms with Crippen molar-refractivity contribution in [3.8, 4) is 0 Å². The summed E-state index contributed by atoms with van der Waals surface area (Å²) in [5, 5.41) is 1.72. The van der Waals surface area contributed by atoms with Crippen LogP contribution in [0.4, 0.5) is 10.6 Å². The first-order chi connectivity index (χ1) is 9.59. The van der Waals surface area contributed by atoms with Gasteiger partial charge in [0, 0.05) is 22.5 Å². The van der Waals surface area contributed by atoms with Crippen molar-refractivity contribution in [2.45, 2.75) is 0 Å². The van der Waals surface area contributed by atoms with Crippen LogP contribution in [0.25, 0.3) is 21.8 Å². The SMILES string of the molecule is NC(=O)N(c1nccc2c1[nH]c1ccccc12)S(=O)O. The number of carbonyl (C=O) groups excluding carboxylic acids is 1. The number of aromatic nitrogens is 2.